The third-order valence-corrected chi connectivity index (χ3v) is 5.88. The van der Waals surface area contributed by atoms with Crippen molar-refractivity contribution in [3.05, 3.63) is 21.0 Å². The smallest absolute Gasteiger partial charge is 0.282 e. The molecular weight excluding hydrogens is 356 g/mol. The Balaban J connectivity index is 1.66. The molecule has 0 aromatic carbocycles. The Kier molecular flexibility index (Phi) is 5.75. The highest BCUT2D eigenvalue weighted by molar-refractivity contribution is 9.10. The number of piperidine rings is 1. The number of hydrogen-bond acceptors (Lipinski definition) is 4. The summed E-state index contributed by atoms with van der Waals surface area (Å²) in [5, 5.41) is 4.19. The maximum atomic E-state index is 12.1. The van der Waals surface area contributed by atoms with Crippen LogP contribution in [0.2, 0.25) is 0 Å². The molecule has 128 valence electrons. The van der Waals surface area contributed by atoms with Gasteiger partial charge in [0.1, 0.15) is 4.47 Å². The Bertz CT molecular complexity index is 580. The van der Waals surface area contributed by atoms with Gasteiger partial charge in [-0.25, -0.2) is 4.68 Å². The maximum absolute atomic E-state index is 12.1. The molecule has 0 bridgehead atoms. The molecule has 0 amide bonds. The summed E-state index contributed by atoms with van der Waals surface area (Å²) in [6, 6.07) is 0. The summed E-state index contributed by atoms with van der Waals surface area (Å²) in [5.74, 6) is 0.692. The number of hydrogen-bond donors (Lipinski definition) is 0. The van der Waals surface area contributed by atoms with E-state index in [4.69, 9.17) is 0 Å². The molecule has 2 fully saturated rings. The molecule has 1 aromatic rings. The van der Waals surface area contributed by atoms with E-state index in [0.717, 1.165) is 18.8 Å². The number of anilines is 1. The number of likely N-dealkylation sites (tertiary alicyclic amines) is 1. The van der Waals surface area contributed by atoms with Crippen molar-refractivity contribution in [3.63, 3.8) is 0 Å². The first-order chi connectivity index (χ1) is 11.1. The minimum atomic E-state index is -0.0582. The average Bonchev–Trinajstić information content (AvgIpc) is 2.82. The van der Waals surface area contributed by atoms with Crippen LogP contribution in [0.5, 0.6) is 0 Å². The molecule has 1 aromatic heterocycles. The van der Waals surface area contributed by atoms with Crippen LogP contribution < -0.4 is 10.5 Å². The Hall–Kier alpha value is -0.880. The van der Waals surface area contributed by atoms with E-state index in [9.17, 15) is 4.79 Å². The van der Waals surface area contributed by atoms with Crippen LogP contribution in [0.25, 0.3) is 0 Å². The van der Waals surface area contributed by atoms with E-state index >= 15 is 0 Å². The summed E-state index contributed by atoms with van der Waals surface area (Å²) < 4.78 is 2.03. The molecule has 23 heavy (non-hydrogen) atoms. The molecule has 1 atom stereocenters. The average molecular weight is 383 g/mol. The Morgan fingerprint density at radius 1 is 1.17 bits per heavy atom. The molecule has 2 saturated heterocycles. The second-order valence-corrected chi connectivity index (χ2v) is 7.73. The second kappa shape index (κ2) is 7.79. The summed E-state index contributed by atoms with van der Waals surface area (Å²) in [6.45, 7) is 5.77. The van der Waals surface area contributed by atoms with Gasteiger partial charge in [-0.1, -0.05) is 12.8 Å². The van der Waals surface area contributed by atoms with Crippen molar-refractivity contribution in [1.29, 1.82) is 0 Å². The molecule has 0 spiro atoms. The molecule has 5 nitrogen and oxygen atoms in total. The molecule has 1 unspecified atom stereocenters. The van der Waals surface area contributed by atoms with Crippen molar-refractivity contribution in [2.45, 2.75) is 38.5 Å². The number of aryl methyl sites for hydroxylation is 1. The fraction of sp³-hybridized carbons (Fsp3) is 0.765. The Morgan fingerprint density at radius 3 is 2.65 bits per heavy atom. The molecule has 3 heterocycles. The van der Waals surface area contributed by atoms with Crippen LogP contribution in [0.3, 0.4) is 0 Å². The first-order valence-corrected chi connectivity index (χ1v) is 9.63. The van der Waals surface area contributed by atoms with Crippen LogP contribution in [0.1, 0.15) is 38.5 Å². The largest absolute Gasteiger partial charge is 0.369 e. The van der Waals surface area contributed by atoms with E-state index < -0.39 is 0 Å². The summed E-state index contributed by atoms with van der Waals surface area (Å²) in [5.41, 5.74) is 0.894. The van der Waals surface area contributed by atoms with Gasteiger partial charge in [-0.15, -0.1) is 0 Å². The van der Waals surface area contributed by atoms with Crippen LogP contribution in [-0.4, -0.2) is 47.4 Å². The van der Waals surface area contributed by atoms with Gasteiger partial charge in [-0.05, 0) is 60.6 Å². The van der Waals surface area contributed by atoms with Crippen LogP contribution in [0.15, 0.2) is 15.5 Å². The van der Waals surface area contributed by atoms with Crippen molar-refractivity contribution < 1.29 is 0 Å². The summed E-state index contributed by atoms with van der Waals surface area (Å²) in [7, 11) is 1.69. The van der Waals surface area contributed by atoms with Crippen molar-refractivity contribution >= 4 is 21.6 Å². The van der Waals surface area contributed by atoms with Gasteiger partial charge in [-0.2, -0.15) is 5.10 Å². The number of halogens is 1. The highest BCUT2D eigenvalue weighted by Gasteiger charge is 2.24. The van der Waals surface area contributed by atoms with E-state index in [1.807, 2.05) is 6.20 Å². The van der Waals surface area contributed by atoms with Gasteiger partial charge in [0.15, 0.2) is 0 Å². The van der Waals surface area contributed by atoms with E-state index in [1.165, 1.54) is 62.8 Å². The third-order valence-electron chi connectivity index (χ3n) is 5.13. The zero-order valence-electron chi connectivity index (χ0n) is 14.0. The van der Waals surface area contributed by atoms with Crippen LogP contribution in [-0.2, 0) is 7.05 Å². The molecule has 0 saturated carbocycles. The van der Waals surface area contributed by atoms with Crippen molar-refractivity contribution in [1.82, 2.24) is 14.7 Å². The van der Waals surface area contributed by atoms with Crippen LogP contribution in [0.4, 0.5) is 5.69 Å². The van der Waals surface area contributed by atoms with Crippen molar-refractivity contribution in [2.75, 3.05) is 37.6 Å². The molecule has 2 aliphatic rings. The molecule has 0 aliphatic carbocycles. The quantitative estimate of drug-likeness (QED) is 0.805. The van der Waals surface area contributed by atoms with Gasteiger partial charge in [0.2, 0.25) is 0 Å². The third kappa shape index (κ3) is 4.15. The first-order valence-electron chi connectivity index (χ1n) is 8.84. The molecule has 0 radical (unpaired) electrons. The van der Waals surface area contributed by atoms with Crippen molar-refractivity contribution in [2.24, 2.45) is 13.0 Å². The van der Waals surface area contributed by atoms with Gasteiger partial charge in [0.05, 0.1) is 11.9 Å². The second-order valence-electron chi connectivity index (χ2n) is 6.94. The lowest BCUT2D eigenvalue weighted by molar-refractivity contribution is 0.222. The molecular formula is C17H27BrN4O. The van der Waals surface area contributed by atoms with E-state index in [2.05, 4.69) is 30.8 Å². The monoisotopic (exact) mass is 382 g/mol. The van der Waals surface area contributed by atoms with Crippen LogP contribution >= 0.6 is 15.9 Å². The van der Waals surface area contributed by atoms with Crippen molar-refractivity contribution in [3.8, 4) is 0 Å². The topological polar surface area (TPSA) is 41.4 Å². The maximum Gasteiger partial charge on any atom is 0.282 e. The molecule has 6 heteroatoms. The Morgan fingerprint density at radius 2 is 1.91 bits per heavy atom. The van der Waals surface area contributed by atoms with E-state index in [0.29, 0.717) is 10.4 Å². The van der Waals surface area contributed by atoms with Gasteiger partial charge >= 0.3 is 0 Å². The lowest BCUT2D eigenvalue weighted by atomic mass is 9.97. The molecule has 2 aliphatic heterocycles. The fourth-order valence-corrected chi connectivity index (χ4v) is 4.45. The van der Waals surface area contributed by atoms with Crippen LogP contribution in [0, 0.1) is 5.92 Å². The van der Waals surface area contributed by atoms with Gasteiger partial charge in [0.25, 0.3) is 5.56 Å². The minimum Gasteiger partial charge on any atom is -0.369 e. The zero-order valence-corrected chi connectivity index (χ0v) is 15.6. The lowest BCUT2D eigenvalue weighted by Gasteiger charge is -2.37. The number of rotatable bonds is 3. The number of nitrogens with zero attached hydrogens (tertiary/aromatic N) is 4. The lowest BCUT2D eigenvalue weighted by Crippen LogP contribution is -2.42. The summed E-state index contributed by atoms with van der Waals surface area (Å²) >= 11 is 3.47. The standard InChI is InChI=1S/C17H27BrN4O/c1-20-17(23)16(18)15(11-19-20)22-10-6-7-14(13-22)12-21-8-4-2-3-5-9-21/h11,14H,2-10,12-13H2,1H3. The van der Waals surface area contributed by atoms with Gasteiger partial charge < -0.3 is 9.80 Å². The summed E-state index contributed by atoms with van der Waals surface area (Å²) in [4.78, 5) is 17.1. The number of aromatic nitrogens is 2. The normalized spacial score (nSPS) is 23.7. The molecule has 3 rings (SSSR count). The first kappa shape index (κ1) is 17.0. The van der Waals surface area contributed by atoms with Gasteiger partial charge in [-0.3, -0.25) is 4.79 Å². The SMILES string of the molecule is Cn1ncc(N2CCCC(CN3CCCCCC3)C2)c(Br)c1=O. The van der Waals surface area contributed by atoms with E-state index in [-0.39, 0.29) is 5.56 Å². The predicted octanol–water partition coefficient (Wildman–Crippen LogP) is 2.64. The zero-order chi connectivity index (χ0) is 16.2. The highest BCUT2D eigenvalue weighted by atomic mass is 79.9. The minimum absolute atomic E-state index is 0.0582. The highest BCUT2D eigenvalue weighted by Crippen LogP contribution is 2.27. The summed E-state index contributed by atoms with van der Waals surface area (Å²) in [6.07, 6.45) is 9.78. The molecule has 0 N–H and O–H groups in total. The van der Waals surface area contributed by atoms with E-state index in [1.54, 1.807) is 7.05 Å². The van der Waals surface area contributed by atoms with Gasteiger partial charge in [0, 0.05) is 26.7 Å². The predicted molar refractivity (Wildman–Crippen MR) is 97.0 cm³/mol. The fourth-order valence-electron chi connectivity index (χ4n) is 3.84. The Labute approximate surface area is 146 Å².